The van der Waals surface area contributed by atoms with Gasteiger partial charge in [-0.15, -0.1) is 11.3 Å². The number of rotatable bonds is 4. The summed E-state index contributed by atoms with van der Waals surface area (Å²) in [6, 6.07) is 82.3. The van der Waals surface area contributed by atoms with E-state index in [1.165, 1.54) is 120 Å². The number of hydrogen-bond acceptors (Lipinski definition) is 3. The summed E-state index contributed by atoms with van der Waals surface area (Å²) < 4.78 is 2.62. The first-order valence-electron chi connectivity index (χ1n) is 24.2. The fourth-order valence-electron chi connectivity index (χ4n) is 12.3. The third-order valence-electron chi connectivity index (χ3n) is 15.6. The van der Waals surface area contributed by atoms with Gasteiger partial charge in [0, 0.05) is 42.4 Å². The second-order valence-corrected chi connectivity index (χ2v) is 21.1. The van der Waals surface area contributed by atoms with Crippen molar-refractivity contribution in [1.82, 2.24) is 0 Å². The molecule has 3 heteroatoms. The molecular weight excluding hydrogens is 853 g/mol. The number of benzene rings is 11. The van der Waals surface area contributed by atoms with Gasteiger partial charge in [-0.1, -0.05) is 179 Å². The van der Waals surface area contributed by atoms with E-state index < -0.39 is 0 Å². The maximum Gasteiger partial charge on any atom is 0.0502 e. The highest BCUT2D eigenvalue weighted by Crippen LogP contribution is 2.56. The lowest BCUT2D eigenvalue weighted by Gasteiger charge is -2.42. The number of fused-ring (bicyclic) bond motifs is 10. The van der Waals surface area contributed by atoms with Crippen LogP contribution in [0.25, 0.3) is 74.7 Å². The molecule has 0 aliphatic carbocycles. The second kappa shape index (κ2) is 14.8. The van der Waals surface area contributed by atoms with Crippen molar-refractivity contribution in [2.45, 2.75) is 38.5 Å². The molecule has 12 aromatic rings. The molecule has 11 aromatic carbocycles. The second-order valence-electron chi connectivity index (χ2n) is 20.0. The predicted octanol–water partition coefficient (Wildman–Crippen LogP) is 19.1. The van der Waals surface area contributed by atoms with E-state index in [0.29, 0.717) is 0 Å². The molecule has 0 saturated heterocycles. The minimum atomic E-state index is -0.162. The minimum absolute atomic E-state index is 0.161. The average molecular weight is 901 g/mol. The van der Waals surface area contributed by atoms with Crippen LogP contribution in [0, 0.1) is 0 Å². The van der Waals surface area contributed by atoms with E-state index in [-0.39, 0.29) is 10.8 Å². The molecule has 1 aromatic heterocycles. The van der Waals surface area contributed by atoms with Crippen molar-refractivity contribution in [1.29, 1.82) is 0 Å². The van der Waals surface area contributed by atoms with Crippen molar-refractivity contribution in [3.63, 3.8) is 0 Å². The summed E-state index contributed by atoms with van der Waals surface area (Å²) in [7, 11) is 0. The Morgan fingerprint density at radius 2 is 0.768 bits per heavy atom. The van der Waals surface area contributed by atoms with Crippen LogP contribution in [0.2, 0.25) is 0 Å². The topological polar surface area (TPSA) is 6.48 Å². The quantitative estimate of drug-likeness (QED) is 0.162. The lowest BCUT2D eigenvalue weighted by molar-refractivity contribution is 0.632. The standard InChI is InChI=1S/C66H48N2S/c1-65(2)53-23-8-12-27-57(53)67(58-28-13-9-24-54(58)65)43-34-36-49-51(39-43)63(42-32-37-62-50(38-42)46-21-7-16-31-61(46)69-62)48-35-33-44(40-52(48)64(49)47-22-17-19-41-18-5-6-20-45(41)47)68-59-29-14-10-25-55(59)66(3,4)56-26-11-15-30-60(56)68/h5-40H,1-4H3. The normalized spacial score (nSPS) is 14.6. The van der Waals surface area contributed by atoms with Crippen molar-refractivity contribution >= 4 is 98.0 Å². The SMILES string of the molecule is CC1(C)c2ccccc2N(c2ccc3c(-c4cccc5ccccc45)c4cc(N5c6ccccc6C(C)(C)c6ccccc65)ccc4c(-c4ccc5sc6ccccc6c5c4)c3c2)c2ccccc21. The van der Waals surface area contributed by atoms with Gasteiger partial charge in [-0.2, -0.15) is 0 Å². The monoisotopic (exact) mass is 900 g/mol. The van der Waals surface area contributed by atoms with Crippen LogP contribution in [0.1, 0.15) is 49.9 Å². The Kier molecular flexibility index (Phi) is 8.58. The Labute approximate surface area is 407 Å². The Bertz CT molecular complexity index is 4010. The molecule has 0 unspecified atom stereocenters. The predicted molar refractivity (Wildman–Crippen MR) is 296 cm³/mol. The average Bonchev–Trinajstić information content (AvgIpc) is 3.76. The zero-order valence-corrected chi connectivity index (χ0v) is 39.9. The molecule has 0 atom stereocenters. The number of hydrogen-bond donors (Lipinski definition) is 0. The molecule has 3 heterocycles. The first-order valence-corrected chi connectivity index (χ1v) is 25.0. The van der Waals surface area contributed by atoms with Gasteiger partial charge in [0.1, 0.15) is 0 Å². The summed E-state index contributed by atoms with van der Waals surface area (Å²) in [5.41, 5.74) is 17.1. The molecule has 328 valence electrons. The van der Waals surface area contributed by atoms with Gasteiger partial charge in [0.25, 0.3) is 0 Å². The molecule has 0 spiro atoms. The van der Waals surface area contributed by atoms with Crippen LogP contribution in [0.3, 0.4) is 0 Å². The van der Waals surface area contributed by atoms with Gasteiger partial charge in [0.05, 0.1) is 22.7 Å². The van der Waals surface area contributed by atoms with E-state index in [2.05, 4.69) is 256 Å². The molecule has 2 aliphatic rings. The molecule has 69 heavy (non-hydrogen) atoms. The lowest BCUT2D eigenvalue weighted by atomic mass is 9.73. The molecule has 0 fully saturated rings. The lowest BCUT2D eigenvalue weighted by Crippen LogP contribution is -2.30. The summed E-state index contributed by atoms with van der Waals surface area (Å²) in [4.78, 5) is 5.01. The van der Waals surface area contributed by atoms with E-state index in [1.54, 1.807) is 0 Å². The number of nitrogens with zero attached hydrogens (tertiary/aromatic N) is 2. The highest BCUT2D eigenvalue weighted by molar-refractivity contribution is 7.25. The highest BCUT2D eigenvalue weighted by Gasteiger charge is 2.38. The van der Waals surface area contributed by atoms with Gasteiger partial charge >= 0.3 is 0 Å². The summed E-state index contributed by atoms with van der Waals surface area (Å²) in [5, 5.41) is 9.98. The summed E-state index contributed by atoms with van der Waals surface area (Å²) in [6.07, 6.45) is 0. The van der Waals surface area contributed by atoms with Crippen LogP contribution >= 0.6 is 11.3 Å². The van der Waals surface area contributed by atoms with Crippen LogP contribution in [-0.4, -0.2) is 0 Å². The Morgan fingerprint density at radius 1 is 0.319 bits per heavy atom. The van der Waals surface area contributed by atoms with Crippen LogP contribution in [0.4, 0.5) is 34.1 Å². The molecule has 2 aliphatic heterocycles. The Morgan fingerprint density at radius 3 is 1.35 bits per heavy atom. The molecule has 0 radical (unpaired) electrons. The molecule has 0 bridgehead atoms. The highest BCUT2D eigenvalue weighted by atomic mass is 32.1. The maximum atomic E-state index is 2.51. The van der Waals surface area contributed by atoms with Gasteiger partial charge in [-0.3, -0.25) is 0 Å². The zero-order chi connectivity index (χ0) is 46.2. The van der Waals surface area contributed by atoms with Gasteiger partial charge in [0.2, 0.25) is 0 Å². The largest absolute Gasteiger partial charge is 0.310 e. The van der Waals surface area contributed by atoms with E-state index in [1.807, 2.05) is 11.3 Å². The Hall–Kier alpha value is -7.98. The number of thiophene rings is 1. The summed E-state index contributed by atoms with van der Waals surface area (Å²) >= 11 is 1.88. The van der Waals surface area contributed by atoms with E-state index >= 15 is 0 Å². The van der Waals surface area contributed by atoms with Gasteiger partial charge in [-0.25, -0.2) is 0 Å². The van der Waals surface area contributed by atoms with Crippen molar-refractivity contribution < 1.29 is 0 Å². The van der Waals surface area contributed by atoms with E-state index in [4.69, 9.17) is 0 Å². The third kappa shape index (κ3) is 5.78. The summed E-state index contributed by atoms with van der Waals surface area (Å²) in [6.45, 7) is 9.46. The van der Waals surface area contributed by atoms with Crippen molar-refractivity contribution in [3.8, 4) is 22.3 Å². The zero-order valence-electron chi connectivity index (χ0n) is 39.1. The van der Waals surface area contributed by atoms with Crippen LogP contribution < -0.4 is 9.80 Å². The van der Waals surface area contributed by atoms with Crippen LogP contribution in [-0.2, 0) is 10.8 Å². The van der Waals surface area contributed by atoms with E-state index in [0.717, 1.165) is 11.4 Å². The van der Waals surface area contributed by atoms with Crippen molar-refractivity contribution in [3.05, 3.63) is 241 Å². The molecule has 14 rings (SSSR count). The first kappa shape index (κ1) is 40.1. The van der Waals surface area contributed by atoms with Crippen molar-refractivity contribution in [2.75, 3.05) is 9.80 Å². The maximum absolute atomic E-state index is 2.51. The number of para-hydroxylation sites is 4. The Balaban J connectivity index is 1.12. The first-order chi connectivity index (χ1) is 33.8. The summed E-state index contributed by atoms with van der Waals surface area (Å²) in [5.74, 6) is 0. The smallest absolute Gasteiger partial charge is 0.0502 e. The number of anilines is 6. The molecule has 0 saturated carbocycles. The minimum Gasteiger partial charge on any atom is -0.310 e. The fourth-order valence-corrected chi connectivity index (χ4v) is 13.4. The van der Waals surface area contributed by atoms with Crippen LogP contribution in [0.15, 0.2) is 218 Å². The van der Waals surface area contributed by atoms with Gasteiger partial charge in [-0.05, 0) is 144 Å². The van der Waals surface area contributed by atoms with E-state index in [9.17, 15) is 0 Å². The molecular formula is C66H48N2S. The molecule has 0 N–H and O–H groups in total. The van der Waals surface area contributed by atoms with Crippen LogP contribution in [0.5, 0.6) is 0 Å². The molecule has 2 nitrogen and oxygen atoms in total. The van der Waals surface area contributed by atoms with Gasteiger partial charge < -0.3 is 9.80 Å². The molecule has 0 amide bonds. The van der Waals surface area contributed by atoms with Crippen molar-refractivity contribution in [2.24, 2.45) is 0 Å². The third-order valence-corrected chi connectivity index (χ3v) is 16.7. The van der Waals surface area contributed by atoms with Gasteiger partial charge in [0.15, 0.2) is 0 Å². The fraction of sp³-hybridized carbons (Fsp3) is 0.0909.